The molecule has 0 aliphatic carbocycles. The van der Waals surface area contributed by atoms with Crippen molar-refractivity contribution in [1.82, 2.24) is 15.5 Å². The van der Waals surface area contributed by atoms with Crippen LogP contribution in [0.3, 0.4) is 0 Å². The van der Waals surface area contributed by atoms with Crippen LogP contribution in [0.5, 0.6) is 0 Å². The molecular formula is C23H32N4O2. The van der Waals surface area contributed by atoms with Crippen molar-refractivity contribution in [1.29, 1.82) is 0 Å². The molecule has 0 aliphatic heterocycles. The minimum atomic E-state index is -0.0507. The number of benzene rings is 2. The number of aliphatic hydroxyl groups is 1. The molecule has 3 N–H and O–H groups in total. The van der Waals surface area contributed by atoms with Gasteiger partial charge in [-0.2, -0.15) is 0 Å². The monoisotopic (exact) mass is 396 g/mol. The first kappa shape index (κ1) is 22.4. The predicted molar refractivity (Wildman–Crippen MR) is 118 cm³/mol. The maximum absolute atomic E-state index is 12.4. The van der Waals surface area contributed by atoms with Crippen LogP contribution >= 0.6 is 0 Å². The molecule has 1 atom stereocenters. The molecule has 0 bridgehead atoms. The standard InChI is InChI=1S/C23H32N4O2/c1-3-24-23(26-16-21(18-28)20-12-8-5-9-13-20)25-15-14-22(29)27(2)17-19-10-6-4-7-11-19/h4-13,21,28H,3,14-18H2,1-2H3,(H2,24,25,26). The van der Waals surface area contributed by atoms with Crippen molar-refractivity contribution in [3.8, 4) is 0 Å². The predicted octanol–water partition coefficient (Wildman–Crippen LogP) is 2.37. The van der Waals surface area contributed by atoms with Gasteiger partial charge in [-0.15, -0.1) is 0 Å². The average molecular weight is 397 g/mol. The molecule has 1 unspecified atom stereocenters. The number of aliphatic hydroxyl groups excluding tert-OH is 1. The smallest absolute Gasteiger partial charge is 0.224 e. The van der Waals surface area contributed by atoms with Gasteiger partial charge in [0.25, 0.3) is 0 Å². The lowest BCUT2D eigenvalue weighted by atomic mass is 10.0. The van der Waals surface area contributed by atoms with E-state index in [-0.39, 0.29) is 18.4 Å². The summed E-state index contributed by atoms with van der Waals surface area (Å²) in [5.41, 5.74) is 2.18. The molecule has 0 saturated heterocycles. The molecule has 2 rings (SSSR count). The molecule has 2 aromatic carbocycles. The normalized spacial score (nSPS) is 12.3. The second-order valence-electron chi connectivity index (χ2n) is 6.92. The van der Waals surface area contributed by atoms with Crippen LogP contribution in [0.2, 0.25) is 0 Å². The van der Waals surface area contributed by atoms with Gasteiger partial charge in [0.1, 0.15) is 0 Å². The van der Waals surface area contributed by atoms with Crippen molar-refractivity contribution in [3.05, 3.63) is 71.8 Å². The van der Waals surface area contributed by atoms with Crippen molar-refractivity contribution in [3.63, 3.8) is 0 Å². The van der Waals surface area contributed by atoms with E-state index in [4.69, 9.17) is 0 Å². The zero-order valence-corrected chi connectivity index (χ0v) is 17.3. The fourth-order valence-corrected chi connectivity index (χ4v) is 2.96. The van der Waals surface area contributed by atoms with Gasteiger partial charge in [0, 0.05) is 39.0 Å². The number of rotatable bonds is 10. The Balaban J connectivity index is 1.83. The molecule has 0 heterocycles. The summed E-state index contributed by atoms with van der Waals surface area (Å²) in [4.78, 5) is 18.7. The quantitative estimate of drug-likeness (QED) is 0.426. The molecule has 6 nitrogen and oxygen atoms in total. The molecule has 0 aromatic heterocycles. The Morgan fingerprint density at radius 3 is 2.34 bits per heavy atom. The lowest BCUT2D eigenvalue weighted by molar-refractivity contribution is -0.130. The molecule has 0 fully saturated rings. The van der Waals surface area contributed by atoms with Crippen molar-refractivity contribution in [2.24, 2.45) is 4.99 Å². The molecule has 0 spiro atoms. The average Bonchev–Trinajstić information content (AvgIpc) is 2.75. The number of guanidine groups is 1. The lowest BCUT2D eigenvalue weighted by Crippen LogP contribution is -2.39. The summed E-state index contributed by atoms with van der Waals surface area (Å²) in [7, 11) is 1.82. The Morgan fingerprint density at radius 1 is 1.07 bits per heavy atom. The van der Waals surface area contributed by atoms with Crippen LogP contribution in [0, 0.1) is 0 Å². The highest BCUT2D eigenvalue weighted by atomic mass is 16.3. The van der Waals surface area contributed by atoms with Crippen molar-refractivity contribution in [2.75, 3.05) is 33.3 Å². The van der Waals surface area contributed by atoms with Gasteiger partial charge in [0.05, 0.1) is 13.2 Å². The first-order valence-corrected chi connectivity index (χ1v) is 10.1. The zero-order valence-electron chi connectivity index (χ0n) is 17.3. The number of nitrogens with zero attached hydrogens (tertiary/aromatic N) is 2. The van der Waals surface area contributed by atoms with E-state index < -0.39 is 0 Å². The van der Waals surface area contributed by atoms with Crippen molar-refractivity contribution >= 4 is 11.9 Å². The summed E-state index contributed by atoms with van der Waals surface area (Å²) in [6.07, 6.45) is 0.385. The molecule has 156 valence electrons. The molecule has 0 saturated carbocycles. The summed E-state index contributed by atoms with van der Waals surface area (Å²) in [5, 5.41) is 16.1. The minimum Gasteiger partial charge on any atom is -0.396 e. The summed E-state index contributed by atoms with van der Waals surface area (Å²) >= 11 is 0. The molecule has 0 aliphatic rings. The Hall–Kier alpha value is -2.86. The van der Waals surface area contributed by atoms with E-state index in [1.807, 2.05) is 74.6 Å². The number of carbonyl (C=O) groups excluding carboxylic acids is 1. The number of hydrogen-bond acceptors (Lipinski definition) is 3. The SMILES string of the molecule is CCNC(=NCC(CO)c1ccccc1)NCCC(=O)N(C)Cc1ccccc1. The summed E-state index contributed by atoms with van der Waals surface area (Å²) in [6.45, 7) is 4.33. The van der Waals surface area contributed by atoms with Gasteiger partial charge in [0.2, 0.25) is 5.91 Å². The van der Waals surface area contributed by atoms with E-state index in [2.05, 4.69) is 15.6 Å². The number of amides is 1. The fourth-order valence-electron chi connectivity index (χ4n) is 2.96. The first-order valence-electron chi connectivity index (χ1n) is 10.1. The van der Waals surface area contributed by atoms with E-state index in [0.717, 1.165) is 17.7 Å². The van der Waals surface area contributed by atoms with Gasteiger partial charge < -0.3 is 20.6 Å². The Bertz CT molecular complexity index is 750. The molecule has 0 radical (unpaired) electrons. The van der Waals surface area contributed by atoms with E-state index in [1.165, 1.54) is 0 Å². The summed E-state index contributed by atoms with van der Waals surface area (Å²) < 4.78 is 0. The number of aliphatic imine (C=N–C) groups is 1. The molecule has 29 heavy (non-hydrogen) atoms. The molecule has 1 amide bonds. The molecule has 2 aromatic rings. The van der Waals surface area contributed by atoms with Crippen LogP contribution in [0.1, 0.15) is 30.4 Å². The van der Waals surface area contributed by atoms with Crippen LogP contribution in [-0.2, 0) is 11.3 Å². The number of carbonyl (C=O) groups is 1. The number of hydrogen-bond donors (Lipinski definition) is 3. The van der Waals surface area contributed by atoms with Crippen molar-refractivity contribution < 1.29 is 9.90 Å². The fraction of sp³-hybridized carbons (Fsp3) is 0.391. The van der Waals surface area contributed by atoms with E-state index >= 15 is 0 Å². The largest absolute Gasteiger partial charge is 0.396 e. The maximum atomic E-state index is 12.4. The Morgan fingerprint density at radius 2 is 1.72 bits per heavy atom. The highest BCUT2D eigenvalue weighted by Gasteiger charge is 2.11. The number of nitrogens with one attached hydrogen (secondary N) is 2. The second kappa shape index (κ2) is 12.6. The third kappa shape index (κ3) is 7.95. The van der Waals surface area contributed by atoms with Gasteiger partial charge in [-0.25, -0.2) is 0 Å². The maximum Gasteiger partial charge on any atom is 0.224 e. The van der Waals surface area contributed by atoms with Crippen LogP contribution in [0.25, 0.3) is 0 Å². The van der Waals surface area contributed by atoms with Gasteiger partial charge in [-0.05, 0) is 18.1 Å². The van der Waals surface area contributed by atoms with Crippen molar-refractivity contribution in [2.45, 2.75) is 25.8 Å². The zero-order chi connectivity index (χ0) is 20.9. The Labute approximate surface area is 173 Å². The van der Waals surface area contributed by atoms with E-state index in [0.29, 0.717) is 32.0 Å². The minimum absolute atomic E-state index is 0.0374. The third-order valence-corrected chi connectivity index (χ3v) is 4.63. The van der Waals surface area contributed by atoms with Crippen LogP contribution in [0.4, 0.5) is 0 Å². The highest BCUT2D eigenvalue weighted by Crippen LogP contribution is 2.14. The Kier molecular flexibility index (Phi) is 9.72. The van der Waals surface area contributed by atoms with Crippen LogP contribution < -0.4 is 10.6 Å². The van der Waals surface area contributed by atoms with E-state index in [1.54, 1.807) is 4.90 Å². The van der Waals surface area contributed by atoms with Gasteiger partial charge in [0.15, 0.2) is 5.96 Å². The van der Waals surface area contributed by atoms with E-state index in [9.17, 15) is 9.90 Å². The summed E-state index contributed by atoms with van der Waals surface area (Å²) in [6, 6.07) is 19.8. The third-order valence-electron chi connectivity index (χ3n) is 4.63. The van der Waals surface area contributed by atoms with Gasteiger partial charge in [-0.1, -0.05) is 60.7 Å². The first-order chi connectivity index (χ1) is 14.1. The lowest BCUT2D eigenvalue weighted by Gasteiger charge is -2.18. The van der Waals surface area contributed by atoms with Gasteiger partial charge >= 0.3 is 0 Å². The van der Waals surface area contributed by atoms with Crippen LogP contribution in [0.15, 0.2) is 65.7 Å². The molecular weight excluding hydrogens is 364 g/mol. The van der Waals surface area contributed by atoms with Gasteiger partial charge in [-0.3, -0.25) is 9.79 Å². The van der Waals surface area contributed by atoms with Crippen LogP contribution in [-0.4, -0.2) is 55.2 Å². The molecule has 6 heteroatoms. The topological polar surface area (TPSA) is 77.0 Å². The summed E-state index contributed by atoms with van der Waals surface area (Å²) in [5.74, 6) is 0.681. The second-order valence-corrected chi connectivity index (χ2v) is 6.92. The highest BCUT2D eigenvalue weighted by molar-refractivity contribution is 5.81.